The number of nitrogens with one attached hydrogen (secondary N) is 1. The van der Waals surface area contributed by atoms with Crippen molar-refractivity contribution >= 4 is 46.1 Å². The summed E-state index contributed by atoms with van der Waals surface area (Å²) in [6.45, 7) is 0. The largest absolute Gasteiger partial charge is 0.324 e. The molecule has 0 saturated carbocycles. The predicted octanol–water partition coefficient (Wildman–Crippen LogP) is 4.36. The summed E-state index contributed by atoms with van der Waals surface area (Å²) in [5.41, 5.74) is 2.94. The van der Waals surface area contributed by atoms with E-state index in [0.29, 0.717) is 11.4 Å². The molecule has 0 spiro atoms. The molecule has 7 heteroatoms. The van der Waals surface area contributed by atoms with Gasteiger partial charge in [-0.15, -0.1) is 0 Å². The van der Waals surface area contributed by atoms with Crippen LogP contribution in [0.3, 0.4) is 0 Å². The highest BCUT2D eigenvalue weighted by molar-refractivity contribution is 6.26. The van der Waals surface area contributed by atoms with Crippen molar-refractivity contribution in [2.24, 2.45) is 16.9 Å². The lowest BCUT2D eigenvalue weighted by Crippen LogP contribution is -2.46. The minimum absolute atomic E-state index is 0.303. The third kappa shape index (κ3) is 3.13. The summed E-state index contributed by atoms with van der Waals surface area (Å²) in [7, 11) is 0. The minimum atomic E-state index is -0.934. The molecule has 37 heavy (non-hydrogen) atoms. The van der Waals surface area contributed by atoms with Gasteiger partial charge in [-0.05, 0) is 34.7 Å². The van der Waals surface area contributed by atoms with E-state index in [0.717, 1.165) is 21.9 Å². The fourth-order valence-corrected chi connectivity index (χ4v) is 6.05. The molecule has 2 saturated heterocycles. The number of para-hydroxylation sites is 1. The third-order valence-electron chi connectivity index (χ3n) is 7.61. The van der Waals surface area contributed by atoms with Gasteiger partial charge in [-0.25, -0.2) is 4.90 Å². The van der Waals surface area contributed by atoms with Crippen LogP contribution in [0.1, 0.15) is 17.2 Å². The van der Waals surface area contributed by atoms with Crippen LogP contribution in [-0.2, 0) is 14.4 Å². The zero-order valence-corrected chi connectivity index (χ0v) is 19.7. The van der Waals surface area contributed by atoms with Crippen molar-refractivity contribution in [2.75, 3.05) is 10.2 Å². The Morgan fingerprint density at radius 1 is 0.757 bits per heavy atom. The lowest BCUT2D eigenvalue weighted by Gasteiger charge is -2.33. The second kappa shape index (κ2) is 8.13. The lowest BCUT2D eigenvalue weighted by molar-refractivity contribution is -0.129. The molecule has 0 radical (unpaired) electrons. The Kier molecular flexibility index (Phi) is 4.72. The number of carbonyl (C=O) groups is 3. The summed E-state index contributed by atoms with van der Waals surface area (Å²) in [5, 5.41) is 10.9. The number of benzene rings is 4. The summed E-state index contributed by atoms with van der Waals surface area (Å²) in [6.07, 6.45) is 1.70. The fraction of sp³-hybridized carbons (Fsp3) is 0.133. The Hall–Kier alpha value is -4.78. The Bertz CT molecular complexity index is 1610. The molecule has 0 aromatic heterocycles. The van der Waals surface area contributed by atoms with Gasteiger partial charge in [0.25, 0.3) is 0 Å². The summed E-state index contributed by atoms with van der Waals surface area (Å²) in [4.78, 5) is 43.3. The van der Waals surface area contributed by atoms with Crippen LogP contribution in [-0.4, -0.2) is 35.0 Å². The molecule has 2 fully saturated rings. The molecule has 0 bridgehead atoms. The highest BCUT2D eigenvalue weighted by atomic mass is 16.2. The van der Waals surface area contributed by atoms with Crippen LogP contribution in [0, 0.1) is 11.8 Å². The van der Waals surface area contributed by atoms with E-state index in [1.165, 1.54) is 4.90 Å². The number of rotatable bonds is 3. The molecule has 7 nitrogen and oxygen atoms in total. The Balaban J connectivity index is 1.36. The van der Waals surface area contributed by atoms with Crippen molar-refractivity contribution < 1.29 is 14.4 Å². The number of hydrogen-bond acceptors (Lipinski definition) is 5. The monoisotopic (exact) mass is 486 g/mol. The molecule has 4 aromatic carbocycles. The van der Waals surface area contributed by atoms with Gasteiger partial charge in [-0.1, -0.05) is 78.9 Å². The molecular formula is C30H22N4O3. The number of imide groups is 1. The summed E-state index contributed by atoms with van der Waals surface area (Å²) < 4.78 is 0. The number of hydrogen-bond donors (Lipinski definition) is 1. The smallest absolute Gasteiger partial charge is 0.249 e. The lowest BCUT2D eigenvalue weighted by atomic mass is 9.85. The van der Waals surface area contributed by atoms with Crippen molar-refractivity contribution in [1.82, 2.24) is 5.01 Å². The number of fused-ring (bicyclic) bond motifs is 6. The zero-order chi connectivity index (χ0) is 25.1. The van der Waals surface area contributed by atoms with E-state index in [-0.39, 0.29) is 17.7 Å². The maximum absolute atomic E-state index is 14.1. The molecule has 4 atom stereocenters. The molecule has 1 N–H and O–H groups in total. The Morgan fingerprint density at radius 2 is 1.46 bits per heavy atom. The second-order valence-corrected chi connectivity index (χ2v) is 9.56. The molecule has 3 aliphatic rings. The van der Waals surface area contributed by atoms with Crippen LogP contribution in [0.5, 0.6) is 0 Å². The quantitative estimate of drug-likeness (QED) is 0.437. The number of nitrogens with zero attached hydrogens (tertiary/aromatic N) is 3. The van der Waals surface area contributed by atoms with Gasteiger partial charge in [0.1, 0.15) is 6.04 Å². The van der Waals surface area contributed by atoms with Crippen LogP contribution in [0.25, 0.3) is 10.8 Å². The zero-order valence-electron chi connectivity index (χ0n) is 19.7. The molecule has 3 heterocycles. The van der Waals surface area contributed by atoms with Crippen LogP contribution in [0.4, 0.5) is 11.4 Å². The summed E-state index contributed by atoms with van der Waals surface area (Å²) >= 11 is 0. The van der Waals surface area contributed by atoms with Crippen LogP contribution >= 0.6 is 0 Å². The van der Waals surface area contributed by atoms with Crippen molar-refractivity contribution in [3.05, 3.63) is 108 Å². The highest BCUT2D eigenvalue weighted by Gasteiger charge is 2.65. The first-order chi connectivity index (χ1) is 18.1. The first kappa shape index (κ1) is 21.5. The van der Waals surface area contributed by atoms with E-state index >= 15 is 0 Å². The van der Waals surface area contributed by atoms with Gasteiger partial charge >= 0.3 is 0 Å². The average molecular weight is 487 g/mol. The summed E-state index contributed by atoms with van der Waals surface area (Å²) in [6, 6.07) is 28.6. The number of amides is 3. The first-order valence-corrected chi connectivity index (χ1v) is 12.3. The van der Waals surface area contributed by atoms with Crippen LogP contribution in [0.15, 0.2) is 102 Å². The maximum Gasteiger partial charge on any atom is 0.249 e. The SMILES string of the molecule is O=C(Nc1ccccc1)[C@H]1[C@H]2C(=O)N(c3cccc4ccccc34)C(=O)[C@H]2C2c3ccccc3C=NN21. The maximum atomic E-state index is 14.1. The first-order valence-electron chi connectivity index (χ1n) is 12.3. The van der Waals surface area contributed by atoms with Gasteiger partial charge in [0.05, 0.1) is 29.8 Å². The van der Waals surface area contributed by atoms with Gasteiger partial charge in [0.15, 0.2) is 0 Å². The van der Waals surface area contributed by atoms with Gasteiger partial charge in [-0.2, -0.15) is 5.10 Å². The van der Waals surface area contributed by atoms with Gasteiger partial charge in [0.2, 0.25) is 17.7 Å². The molecule has 3 amide bonds. The molecule has 1 unspecified atom stereocenters. The highest BCUT2D eigenvalue weighted by Crippen LogP contribution is 2.53. The number of hydrazone groups is 1. The second-order valence-electron chi connectivity index (χ2n) is 9.56. The van der Waals surface area contributed by atoms with E-state index in [1.807, 2.05) is 78.9 Å². The van der Waals surface area contributed by atoms with E-state index in [9.17, 15) is 14.4 Å². The standard InChI is InChI=1S/C30H22N4O3/c35-28(32-20-12-2-1-3-13-20)27-25-24(26-22-15-7-5-10-19(22)17-31-34(26)27)29(36)33(30(25)37)23-16-8-11-18-9-4-6-14-21(18)23/h1-17,24-27H,(H,32,35)/t24-,25+,26?,27-/m1/s1. The molecule has 4 aromatic rings. The van der Waals surface area contributed by atoms with E-state index < -0.39 is 23.9 Å². The normalized spacial score (nSPS) is 23.7. The van der Waals surface area contributed by atoms with Gasteiger partial charge in [-0.3, -0.25) is 19.4 Å². The number of carbonyl (C=O) groups excluding carboxylic acids is 3. The molecule has 0 aliphatic carbocycles. The minimum Gasteiger partial charge on any atom is -0.324 e. The van der Waals surface area contributed by atoms with Crippen LogP contribution < -0.4 is 10.2 Å². The molecule has 180 valence electrons. The Labute approximate surface area is 213 Å². The molecule has 7 rings (SSSR count). The van der Waals surface area contributed by atoms with E-state index in [1.54, 1.807) is 29.4 Å². The molecular weight excluding hydrogens is 464 g/mol. The summed E-state index contributed by atoms with van der Waals surface area (Å²) in [5.74, 6) is -2.65. The van der Waals surface area contributed by atoms with E-state index in [4.69, 9.17) is 0 Å². The van der Waals surface area contributed by atoms with Gasteiger partial charge in [0, 0.05) is 11.1 Å². The predicted molar refractivity (Wildman–Crippen MR) is 141 cm³/mol. The van der Waals surface area contributed by atoms with E-state index in [2.05, 4.69) is 10.4 Å². The van der Waals surface area contributed by atoms with Crippen molar-refractivity contribution in [1.29, 1.82) is 0 Å². The fourth-order valence-electron chi connectivity index (χ4n) is 6.05. The van der Waals surface area contributed by atoms with Crippen molar-refractivity contribution in [2.45, 2.75) is 12.1 Å². The Morgan fingerprint density at radius 3 is 2.32 bits per heavy atom. The average Bonchev–Trinajstić information content (AvgIpc) is 3.41. The van der Waals surface area contributed by atoms with Crippen molar-refractivity contribution in [3.63, 3.8) is 0 Å². The topological polar surface area (TPSA) is 82.1 Å². The van der Waals surface area contributed by atoms with Gasteiger partial charge < -0.3 is 5.32 Å². The molecule has 3 aliphatic heterocycles. The van der Waals surface area contributed by atoms with Crippen LogP contribution in [0.2, 0.25) is 0 Å². The number of anilines is 2. The van der Waals surface area contributed by atoms with Crippen molar-refractivity contribution in [3.8, 4) is 0 Å². The third-order valence-corrected chi connectivity index (χ3v) is 7.61.